The molecule has 0 radical (unpaired) electrons. The van der Waals surface area contributed by atoms with Gasteiger partial charge in [-0.05, 0) is 53.7 Å². The summed E-state index contributed by atoms with van der Waals surface area (Å²) in [7, 11) is 1.69. The Morgan fingerprint density at radius 1 is 1.32 bits per heavy atom. The van der Waals surface area contributed by atoms with E-state index in [9.17, 15) is 9.59 Å². The van der Waals surface area contributed by atoms with E-state index < -0.39 is 0 Å². The number of carbonyl (C=O) groups is 2. The molecule has 122 valence electrons. The first-order chi connectivity index (χ1) is 10.3. The highest BCUT2D eigenvalue weighted by molar-refractivity contribution is 9.11. The molecule has 0 aliphatic heterocycles. The van der Waals surface area contributed by atoms with Gasteiger partial charge < -0.3 is 9.80 Å². The van der Waals surface area contributed by atoms with Gasteiger partial charge in [0.2, 0.25) is 5.91 Å². The molecular weight excluding hydrogens is 364 g/mol. The van der Waals surface area contributed by atoms with Crippen molar-refractivity contribution < 1.29 is 9.59 Å². The average Bonchev–Trinajstić information content (AvgIpc) is 3.18. The van der Waals surface area contributed by atoms with Gasteiger partial charge in [-0.15, -0.1) is 11.3 Å². The van der Waals surface area contributed by atoms with Crippen LogP contribution in [0.3, 0.4) is 0 Å². The lowest BCUT2D eigenvalue weighted by Gasteiger charge is -2.33. The SMILES string of the molecule is CC(C)C(C)N(C(=O)CN(C)C(=O)c1ccc(Br)s1)C1CC1. The van der Waals surface area contributed by atoms with Crippen LogP contribution in [0.4, 0.5) is 0 Å². The Balaban J connectivity index is 2.01. The predicted octanol–water partition coefficient (Wildman–Crippen LogP) is 3.62. The molecule has 0 aromatic carbocycles. The zero-order valence-electron chi connectivity index (χ0n) is 13.5. The molecule has 0 bridgehead atoms. The Kier molecular flexibility index (Phi) is 5.66. The smallest absolute Gasteiger partial charge is 0.264 e. The summed E-state index contributed by atoms with van der Waals surface area (Å²) in [6, 6.07) is 4.21. The lowest BCUT2D eigenvalue weighted by molar-refractivity contribution is -0.135. The van der Waals surface area contributed by atoms with E-state index in [2.05, 4.69) is 36.7 Å². The summed E-state index contributed by atoms with van der Waals surface area (Å²) in [5.74, 6) is 0.367. The Hall–Kier alpha value is -0.880. The van der Waals surface area contributed by atoms with Crippen LogP contribution in [0.15, 0.2) is 15.9 Å². The maximum atomic E-state index is 12.6. The maximum Gasteiger partial charge on any atom is 0.264 e. The number of nitrogens with zero attached hydrogens (tertiary/aromatic N) is 2. The molecule has 22 heavy (non-hydrogen) atoms. The molecule has 6 heteroatoms. The molecule has 1 saturated carbocycles. The quantitative estimate of drug-likeness (QED) is 0.748. The van der Waals surface area contributed by atoms with Gasteiger partial charge in [0.1, 0.15) is 0 Å². The van der Waals surface area contributed by atoms with Gasteiger partial charge in [-0.2, -0.15) is 0 Å². The standard InChI is InChI=1S/C16H23BrN2O2S/c1-10(2)11(3)19(12-5-6-12)15(20)9-18(4)16(21)13-7-8-14(17)22-13/h7-8,10-12H,5-6,9H2,1-4H3. The van der Waals surface area contributed by atoms with Crippen molar-refractivity contribution in [3.63, 3.8) is 0 Å². The molecule has 1 aromatic heterocycles. The Bertz CT molecular complexity index is 554. The zero-order valence-corrected chi connectivity index (χ0v) is 15.9. The van der Waals surface area contributed by atoms with Crippen molar-refractivity contribution in [1.82, 2.24) is 9.80 Å². The summed E-state index contributed by atoms with van der Waals surface area (Å²) in [4.78, 5) is 29.2. The molecule has 4 nitrogen and oxygen atoms in total. The lowest BCUT2D eigenvalue weighted by atomic mass is 10.0. The van der Waals surface area contributed by atoms with Crippen molar-refractivity contribution in [3.8, 4) is 0 Å². The van der Waals surface area contributed by atoms with Crippen LogP contribution >= 0.6 is 27.3 Å². The van der Waals surface area contributed by atoms with Crippen LogP contribution in [-0.2, 0) is 4.79 Å². The van der Waals surface area contributed by atoms with Crippen molar-refractivity contribution in [1.29, 1.82) is 0 Å². The molecule has 0 saturated heterocycles. The van der Waals surface area contributed by atoms with E-state index in [1.807, 2.05) is 11.0 Å². The van der Waals surface area contributed by atoms with Crippen molar-refractivity contribution in [2.24, 2.45) is 5.92 Å². The topological polar surface area (TPSA) is 40.6 Å². The van der Waals surface area contributed by atoms with E-state index in [1.54, 1.807) is 13.1 Å². The maximum absolute atomic E-state index is 12.6. The minimum atomic E-state index is -0.100. The van der Waals surface area contributed by atoms with Gasteiger partial charge in [-0.25, -0.2) is 0 Å². The fourth-order valence-electron chi connectivity index (χ4n) is 2.41. The first kappa shape index (κ1) is 17.5. The number of thiophene rings is 1. The van der Waals surface area contributed by atoms with Gasteiger partial charge >= 0.3 is 0 Å². The molecule has 0 N–H and O–H groups in total. The summed E-state index contributed by atoms with van der Waals surface area (Å²) in [6.07, 6.45) is 2.16. The number of hydrogen-bond donors (Lipinski definition) is 0. The number of carbonyl (C=O) groups excluding carboxylic acids is 2. The van der Waals surface area contributed by atoms with Crippen molar-refractivity contribution in [2.45, 2.75) is 45.7 Å². The molecule has 1 atom stereocenters. The average molecular weight is 387 g/mol. The second-order valence-corrected chi connectivity index (χ2v) is 8.74. The first-order valence-corrected chi connectivity index (χ1v) is 9.24. The molecule has 1 unspecified atom stereocenters. The summed E-state index contributed by atoms with van der Waals surface area (Å²) >= 11 is 4.75. The highest BCUT2D eigenvalue weighted by Crippen LogP contribution is 2.31. The van der Waals surface area contributed by atoms with E-state index in [-0.39, 0.29) is 24.4 Å². The van der Waals surface area contributed by atoms with Gasteiger partial charge in [-0.3, -0.25) is 9.59 Å². The molecule has 1 fully saturated rings. The molecule has 0 spiro atoms. The van der Waals surface area contributed by atoms with Crippen LogP contribution in [0.1, 0.15) is 43.3 Å². The van der Waals surface area contributed by atoms with Gasteiger partial charge in [0.05, 0.1) is 15.2 Å². The van der Waals surface area contributed by atoms with Crippen LogP contribution in [-0.4, -0.2) is 47.3 Å². The van der Waals surface area contributed by atoms with Crippen molar-refractivity contribution >= 4 is 39.1 Å². The highest BCUT2D eigenvalue weighted by Gasteiger charge is 2.37. The number of rotatable bonds is 6. The fraction of sp³-hybridized carbons (Fsp3) is 0.625. The minimum absolute atomic E-state index is 0.0511. The van der Waals surface area contributed by atoms with Gasteiger partial charge in [0.25, 0.3) is 5.91 Å². The zero-order chi connectivity index (χ0) is 16.4. The molecule has 1 heterocycles. The highest BCUT2D eigenvalue weighted by atomic mass is 79.9. The monoisotopic (exact) mass is 386 g/mol. The van der Waals surface area contributed by atoms with Crippen LogP contribution < -0.4 is 0 Å². The third-order valence-corrected chi connectivity index (χ3v) is 5.75. The number of hydrogen-bond acceptors (Lipinski definition) is 3. The van der Waals surface area contributed by atoms with E-state index in [0.29, 0.717) is 16.8 Å². The van der Waals surface area contributed by atoms with E-state index >= 15 is 0 Å². The molecule has 1 aromatic rings. The number of likely N-dealkylation sites (N-methyl/N-ethyl adjacent to an activating group) is 1. The van der Waals surface area contributed by atoms with E-state index in [0.717, 1.165) is 16.6 Å². The van der Waals surface area contributed by atoms with Crippen LogP contribution in [0.25, 0.3) is 0 Å². The summed E-state index contributed by atoms with van der Waals surface area (Å²) in [5, 5.41) is 0. The van der Waals surface area contributed by atoms with Crippen LogP contribution in [0, 0.1) is 5.92 Å². The predicted molar refractivity (Wildman–Crippen MR) is 93.1 cm³/mol. The second kappa shape index (κ2) is 7.13. The number of amides is 2. The van der Waals surface area contributed by atoms with Crippen molar-refractivity contribution in [2.75, 3.05) is 13.6 Å². The molecule has 2 rings (SSSR count). The Labute approximate surface area is 144 Å². The normalized spacial score (nSPS) is 15.7. The minimum Gasteiger partial charge on any atom is -0.335 e. The molecule has 2 amide bonds. The summed E-state index contributed by atoms with van der Waals surface area (Å²) < 4.78 is 0.920. The number of halogens is 1. The third-order valence-electron chi connectivity index (χ3n) is 4.13. The largest absolute Gasteiger partial charge is 0.335 e. The lowest BCUT2D eigenvalue weighted by Crippen LogP contribution is -2.48. The van der Waals surface area contributed by atoms with E-state index in [1.165, 1.54) is 16.2 Å². The van der Waals surface area contributed by atoms with Gasteiger partial charge in [0, 0.05) is 19.1 Å². The van der Waals surface area contributed by atoms with Crippen LogP contribution in [0.2, 0.25) is 0 Å². The fourth-order valence-corrected chi connectivity index (χ4v) is 3.79. The molecular formula is C16H23BrN2O2S. The Morgan fingerprint density at radius 2 is 1.95 bits per heavy atom. The molecule has 1 aliphatic carbocycles. The second-order valence-electron chi connectivity index (χ2n) is 6.28. The van der Waals surface area contributed by atoms with Crippen LogP contribution in [0.5, 0.6) is 0 Å². The van der Waals surface area contributed by atoms with Crippen molar-refractivity contribution in [3.05, 3.63) is 20.8 Å². The summed E-state index contributed by atoms with van der Waals surface area (Å²) in [6.45, 7) is 6.50. The van der Waals surface area contributed by atoms with E-state index in [4.69, 9.17) is 0 Å². The Morgan fingerprint density at radius 3 is 2.41 bits per heavy atom. The third kappa shape index (κ3) is 4.10. The molecule has 1 aliphatic rings. The first-order valence-electron chi connectivity index (χ1n) is 7.63. The summed E-state index contributed by atoms with van der Waals surface area (Å²) in [5.41, 5.74) is 0. The van der Waals surface area contributed by atoms with Gasteiger partial charge in [0.15, 0.2) is 0 Å². The van der Waals surface area contributed by atoms with Gasteiger partial charge in [-0.1, -0.05) is 13.8 Å².